The molecule has 0 aromatic heterocycles. The Morgan fingerprint density at radius 2 is 1.80 bits per heavy atom. The summed E-state index contributed by atoms with van der Waals surface area (Å²) in [4.78, 5) is 0. The minimum absolute atomic E-state index is 0.257. The number of hydrogen-bond acceptors (Lipinski definition) is 1. The van der Waals surface area contributed by atoms with E-state index in [-0.39, 0.29) is 5.82 Å². The molecule has 15 heavy (non-hydrogen) atoms. The van der Waals surface area contributed by atoms with Crippen LogP contribution in [0.5, 0.6) is 0 Å². The Kier molecular flexibility index (Phi) is 2.59. The molecule has 0 fully saturated rings. The lowest BCUT2D eigenvalue weighted by molar-refractivity contribution is 0.628. The van der Waals surface area contributed by atoms with E-state index in [0.29, 0.717) is 0 Å². The highest BCUT2D eigenvalue weighted by Crippen LogP contribution is 2.22. The fourth-order valence-corrected chi connectivity index (χ4v) is 1.54. The van der Waals surface area contributed by atoms with Crippen LogP contribution < -0.4 is 0 Å². The van der Waals surface area contributed by atoms with Gasteiger partial charge in [-0.3, -0.25) is 0 Å². The van der Waals surface area contributed by atoms with Crippen molar-refractivity contribution < 1.29 is 4.39 Å². The van der Waals surface area contributed by atoms with Crippen molar-refractivity contribution in [3.8, 4) is 11.1 Å². The van der Waals surface area contributed by atoms with Crippen LogP contribution in [0.2, 0.25) is 0 Å². The molecule has 0 radical (unpaired) electrons. The molecule has 0 heterocycles. The SMILES string of the molecule is N=Cc1ccccc1-c1cccc(F)c1. The van der Waals surface area contributed by atoms with Gasteiger partial charge >= 0.3 is 0 Å². The lowest BCUT2D eigenvalue weighted by atomic mass is 10.0. The van der Waals surface area contributed by atoms with Crippen molar-refractivity contribution in [2.45, 2.75) is 0 Å². The summed E-state index contributed by atoms with van der Waals surface area (Å²) < 4.78 is 13.0. The van der Waals surface area contributed by atoms with Crippen LogP contribution in [-0.4, -0.2) is 6.21 Å². The average molecular weight is 199 g/mol. The second-order valence-corrected chi connectivity index (χ2v) is 3.24. The van der Waals surface area contributed by atoms with E-state index in [1.54, 1.807) is 6.07 Å². The maximum Gasteiger partial charge on any atom is 0.123 e. The van der Waals surface area contributed by atoms with Crippen LogP contribution in [0.15, 0.2) is 48.5 Å². The first-order chi connectivity index (χ1) is 7.31. The van der Waals surface area contributed by atoms with E-state index in [0.717, 1.165) is 16.7 Å². The summed E-state index contributed by atoms with van der Waals surface area (Å²) in [7, 11) is 0. The first-order valence-electron chi connectivity index (χ1n) is 4.67. The predicted molar refractivity (Wildman–Crippen MR) is 59.7 cm³/mol. The van der Waals surface area contributed by atoms with Gasteiger partial charge in [-0.05, 0) is 28.8 Å². The van der Waals surface area contributed by atoms with Crippen LogP contribution >= 0.6 is 0 Å². The number of nitrogens with one attached hydrogen (secondary N) is 1. The summed E-state index contributed by atoms with van der Waals surface area (Å²) in [5.41, 5.74) is 2.48. The van der Waals surface area contributed by atoms with E-state index < -0.39 is 0 Å². The molecule has 2 heteroatoms. The van der Waals surface area contributed by atoms with Crippen LogP contribution in [0.3, 0.4) is 0 Å². The third-order valence-corrected chi connectivity index (χ3v) is 2.25. The van der Waals surface area contributed by atoms with E-state index in [1.165, 1.54) is 18.3 Å². The molecule has 0 bridgehead atoms. The normalized spacial score (nSPS) is 9.93. The molecule has 0 aliphatic rings. The van der Waals surface area contributed by atoms with E-state index in [1.807, 2.05) is 30.3 Å². The summed E-state index contributed by atoms with van der Waals surface area (Å²) in [5, 5.41) is 7.27. The van der Waals surface area contributed by atoms with Gasteiger partial charge < -0.3 is 5.41 Å². The molecule has 0 unspecified atom stereocenters. The van der Waals surface area contributed by atoms with Gasteiger partial charge in [0.15, 0.2) is 0 Å². The van der Waals surface area contributed by atoms with E-state index in [9.17, 15) is 4.39 Å². The predicted octanol–water partition coefficient (Wildman–Crippen LogP) is 3.49. The van der Waals surface area contributed by atoms with Gasteiger partial charge in [0.2, 0.25) is 0 Å². The molecule has 2 rings (SSSR count). The Hall–Kier alpha value is -1.96. The van der Waals surface area contributed by atoms with Gasteiger partial charge in [-0.2, -0.15) is 0 Å². The highest BCUT2D eigenvalue weighted by Gasteiger charge is 2.02. The summed E-state index contributed by atoms with van der Waals surface area (Å²) in [5.74, 6) is -0.257. The highest BCUT2D eigenvalue weighted by atomic mass is 19.1. The molecule has 0 spiro atoms. The fourth-order valence-electron chi connectivity index (χ4n) is 1.54. The third-order valence-electron chi connectivity index (χ3n) is 2.25. The first kappa shape index (κ1) is 9.59. The lowest BCUT2D eigenvalue weighted by Gasteiger charge is -2.05. The molecule has 0 saturated heterocycles. The van der Waals surface area contributed by atoms with Gasteiger partial charge in [-0.1, -0.05) is 36.4 Å². The molecule has 74 valence electrons. The maximum atomic E-state index is 13.0. The molecule has 2 aromatic carbocycles. The second kappa shape index (κ2) is 4.05. The van der Waals surface area contributed by atoms with Crippen molar-refractivity contribution in [3.05, 3.63) is 59.9 Å². The minimum Gasteiger partial charge on any atom is -0.308 e. The number of benzene rings is 2. The summed E-state index contributed by atoms with van der Waals surface area (Å²) in [6.07, 6.45) is 1.28. The van der Waals surface area contributed by atoms with Crippen LogP contribution in [0.25, 0.3) is 11.1 Å². The Labute approximate surface area is 87.7 Å². The number of halogens is 1. The average Bonchev–Trinajstić information content (AvgIpc) is 2.29. The van der Waals surface area contributed by atoms with E-state index in [4.69, 9.17) is 5.41 Å². The molecule has 0 amide bonds. The number of hydrogen-bond donors (Lipinski definition) is 1. The molecule has 0 aliphatic carbocycles. The standard InChI is InChI=1S/C13H10FN/c14-12-6-3-5-10(8-12)13-7-2-1-4-11(13)9-15/h1-9,15H. The molecular formula is C13H10FN. The Balaban J connectivity index is 2.58. The van der Waals surface area contributed by atoms with E-state index in [2.05, 4.69) is 0 Å². The topological polar surface area (TPSA) is 23.9 Å². The van der Waals surface area contributed by atoms with Gasteiger partial charge in [0.25, 0.3) is 0 Å². The molecule has 1 nitrogen and oxygen atoms in total. The Bertz CT molecular complexity index is 491. The third kappa shape index (κ3) is 1.94. The second-order valence-electron chi connectivity index (χ2n) is 3.24. The fraction of sp³-hybridized carbons (Fsp3) is 0. The van der Waals surface area contributed by atoms with Gasteiger partial charge in [-0.15, -0.1) is 0 Å². The Morgan fingerprint density at radius 3 is 2.53 bits per heavy atom. The molecule has 0 atom stereocenters. The van der Waals surface area contributed by atoms with Crippen LogP contribution in [-0.2, 0) is 0 Å². The molecular weight excluding hydrogens is 189 g/mol. The minimum atomic E-state index is -0.257. The van der Waals surface area contributed by atoms with Gasteiger partial charge in [-0.25, -0.2) is 4.39 Å². The van der Waals surface area contributed by atoms with Crippen LogP contribution in [0.4, 0.5) is 4.39 Å². The zero-order chi connectivity index (χ0) is 10.7. The summed E-state index contributed by atoms with van der Waals surface area (Å²) >= 11 is 0. The van der Waals surface area contributed by atoms with Gasteiger partial charge in [0.05, 0.1) is 0 Å². The maximum absolute atomic E-state index is 13.0. The van der Waals surface area contributed by atoms with Gasteiger partial charge in [0, 0.05) is 6.21 Å². The highest BCUT2D eigenvalue weighted by molar-refractivity contribution is 5.88. The molecule has 0 aliphatic heterocycles. The molecule has 2 aromatic rings. The molecule has 0 saturated carbocycles. The van der Waals surface area contributed by atoms with Crippen LogP contribution in [0, 0.1) is 11.2 Å². The zero-order valence-electron chi connectivity index (χ0n) is 8.07. The van der Waals surface area contributed by atoms with E-state index >= 15 is 0 Å². The smallest absolute Gasteiger partial charge is 0.123 e. The van der Waals surface area contributed by atoms with Crippen molar-refractivity contribution in [3.63, 3.8) is 0 Å². The quantitative estimate of drug-likeness (QED) is 0.716. The van der Waals surface area contributed by atoms with Crippen molar-refractivity contribution in [1.29, 1.82) is 5.41 Å². The van der Waals surface area contributed by atoms with Crippen molar-refractivity contribution in [2.24, 2.45) is 0 Å². The summed E-state index contributed by atoms with van der Waals surface area (Å²) in [6.45, 7) is 0. The lowest BCUT2D eigenvalue weighted by Crippen LogP contribution is -1.87. The molecule has 1 N–H and O–H groups in total. The largest absolute Gasteiger partial charge is 0.308 e. The van der Waals surface area contributed by atoms with Crippen molar-refractivity contribution in [2.75, 3.05) is 0 Å². The summed E-state index contributed by atoms with van der Waals surface area (Å²) in [6, 6.07) is 13.9. The van der Waals surface area contributed by atoms with Gasteiger partial charge in [0.1, 0.15) is 5.82 Å². The van der Waals surface area contributed by atoms with Crippen molar-refractivity contribution in [1.82, 2.24) is 0 Å². The Morgan fingerprint density at radius 1 is 1.00 bits per heavy atom. The zero-order valence-corrected chi connectivity index (χ0v) is 8.07. The van der Waals surface area contributed by atoms with Crippen molar-refractivity contribution >= 4 is 6.21 Å². The monoisotopic (exact) mass is 199 g/mol. The number of rotatable bonds is 2. The first-order valence-corrected chi connectivity index (χ1v) is 4.67. The van der Waals surface area contributed by atoms with Crippen LogP contribution in [0.1, 0.15) is 5.56 Å².